The van der Waals surface area contributed by atoms with E-state index in [4.69, 9.17) is 9.47 Å². The smallest absolute Gasteiger partial charge is 0.236 e. The number of carbonyl (C=O) groups is 2. The lowest BCUT2D eigenvalue weighted by Gasteiger charge is -2.34. The van der Waals surface area contributed by atoms with Crippen LogP contribution in [0.3, 0.4) is 0 Å². The van der Waals surface area contributed by atoms with Gasteiger partial charge in [-0.3, -0.25) is 9.59 Å². The Kier molecular flexibility index (Phi) is 3.89. The summed E-state index contributed by atoms with van der Waals surface area (Å²) in [6.07, 6.45) is 0.975. The number of hydrogen-bond acceptors (Lipinski definition) is 4. The zero-order chi connectivity index (χ0) is 15.9. The van der Waals surface area contributed by atoms with Crippen molar-refractivity contribution in [2.24, 2.45) is 0 Å². The number of carbonyl (C=O) groups excluding carboxylic acids is 2. The van der Waals surface area contributed by atoms with E-state index in [1.165, 1.54) is 0 Å². The second-order valence-corrected chi connectivity index (χ2v) is 7.25. The quantitative estimate of drug-likeness (QED) is 0.753. The number of rotatable bonds is 2. The highest BCUT2D eigenvalue weighted by Gasteiger charge is 2.47. The fourth-order valence-corrected chi connectivity index (χ4v) is 3.40. The van der Waals surface area contributed by atoms with Crippen molar-refractivity contribution in [3.8, 4) is 11.5 Å². The summed E-state index contributed by atoms with van der Waals surface area (Å²) >= 11 is 3.30. The van der Waals surface area contributed by atoms with Crippen LogP contribution in [0.2, 0.25) is 0 Å². The van der Waals surface area contributed by atoms with E-state index < -0.39 is 5.60 Å². The molecule has 1 saturated heterocycles. The maximum absolute atomic E-state index is 12.5. The third-order valence-corrected chi connectivity index (χ3v) is 4.66. The largest absolute Gasteiger partial charge is 0.497 e. The van der Waals surface area contributed by atoms with Gasteiger partial charge in [0.25, 0.3) is 0 Å². The molecular weight excluding hydrogens is 350 g/mol. The molecule has 0 aliphatic carbocycles. The third-order valence-electron chi connectivity index (χ3n) is 4.26. The molecule has 0 aromatic heterocycles. The van der Waals surface area contributed by atoms with Crippen molar-refractivity contribution in [1.29, 1.82) is 0 Å². The highest BCUT2D eigenvalue weighted by Crippen LogP contribution is 2.40. The van der Waals surface area contributed by atoms with Crippen molar-refractivity contribution < 1.29 is 19.1 Å². The van der Waals surface area contributed by atoms with Gasteiger partial charge in [-0.05, 0) is 25.1 Å². The van der Waals surface area contributed by atoms with Crippen molar-refractivity contribution in [2.45, 2.75) is 30.2 Å². The highest BCUT2D eigenvalue weighted by molar-refractivity contribution is 9.10. The van der Waals surface area contributed by atoms with Crippen LogP contribution in [0, 0.1) is 0 Å². The molecule has 6 heteroatoms. The highest BCUT2D eigenvalue weighted by atomic mass is 79.9. The van der Waals surface area contributed by atoms with Crippen LogP contribution in [0.25, 0.3) is 0 Å². The Morgan fingerprint density at radius 2 is 2.27 bits per heavy atom. The third kappa shape index (κ3) is 2.60. The molecular formula is C16H18BrNO4. The SMILES string of the molecule is COc1ccc2c(c1)C(=O)CC1(CCN(C(=O)C(C)Br)C1)O2. The topological polar surface area (TPSA) is 55.8 Å². The molecule has 1 amide bonds. The molecule has 1 fully saturated rings. The molecule has 0 bridgehead atoms. The molecule has 2 heterocycles. The Labute approximate surface area is 137 Å². The van der Waals surface area contributed by atoms with Gasteiger partial charge in [0.2, 0.25) is 5.91 Å². The fraction of sp³-hybridized carbons (Fsp3) is 0.500. The Hall–Kier alpha value is -1.56. The number of hydrogen-bond donors (Lipinski definition) is 0. The second-order valence-electron chi connectivity index (χ2n) is 5.87. The number of alkyl halides is 1. The first kappa shape index (κ1) is 15.3. The molecule has 2 aliphatic rings. The number of methoxy groups -OCH3 is 1. The number of nitrogens with zero attached hydrogens (tertiary/aromatic N) is 1. The van der Waals surface area contributed by atoms with E-state index in [1.807, 2.05) is 6.92 Å². The number of likely N-dealkylation sites (tertiary alicyclic amines) is 1. The van der Waals surface area contributed by atoms with Crippen LogP contribution < -0.4 is 9.47 Å². The van der Waals surface area contributed by atoms with Crippen LogP contribution in [0.1, 0.15) is 30.1 Å². The van der Waals surface area contributed by atoms with Crippen LogP contribution in [0.15, 0.2) is 18.2 Å². The van der Waals surface area contributed by atoms with Gasteiger partial charge in [-0.15, -0.1) is 0 Å². The van der Waals surface area contributed by atoms with Gasteiger partial charge in [0, 0.05) is 13.0 Å². The van der Waals surface area contributed by atoms with Gasteiger partial charge in [-0.1, -0.05) is 15.9 Å². The molecule has 0 N–H and O–H groups in total. The average molecular weight is 368 g/mol. The zero-order valence-electron chi connectivity index (χ0n) is 12.6. The Morgan fingerprint density at radius 3 is 2.95 bits per heavy atom. The predicted molar refractivity (Wildman–Crippen MR) is 84.9 cm³/mol. The lowest BCUT2D eigenvalue weighted by Crippen LogP contribution is -2.46. The van der Waals surface area contributed by atoms with Gasteiger partial charge in [0.05, 0.1) is 30.5 Å². The molecule has 2 unspecified atom stereocenters. The average Bonchev–Trinajstić information content (AvgIpc) is 2.89. The fourth-order valence-electron chi connectivity index (χ4n) is 3.11. The van der Waals surface area contributed by atoms with E-state index in [1.54, 1.807) is 30.2 Å². The standard InChI is InChI=1S/C16H18BrNO4/c1-10(17)15(20)18-6-5-16(9-18)8-13(19)12-7-11(21-2)3-4-14(12)22-16/h3-4,7,10H,5-6,8-9H2,1-2H3. The molecule has 1 aromatic carbocycles. The molecule has 2 aliphatic heterocycles. The van der Waals surface area contributed by atoms with Crippen LogP contribution in [0.4, 0.5) is 0 Å². The number of benzene rings is 1. The summed E-state index contributed by atoms with van der Waals surface area (Å²) in [4.78, 5) is 26.1. The summed E-state index contributed by atoms with van der Waals surface area (Å²) in [6.45, 7) is 2.88. The minimum atomic E-state index is -0.587. The Morgan fingerprint density at radius 1 is 1.50 bits per heavy atom. The monoisotopic (exact) mass is 367 g/mol. The minimum Gasteiger partial charge on any atom is -0.497 e. The van der Waals surface area contributed by atoms with E-state index in [2.05, 4.69) is 15.9 Å². The van der Waals surface area contributed by atoms with Crippen LogP contribution >= 0.6 is 15.9 Å². The molecule has 0 saturated carbocycles. The molecule has 0 radical (unpaired) electrons. The second kappa shape index (κ2) is 5.57. The first-order valence-electron chi connectivity index (χ1n) is 7.27. The van der Waals surface area contributed by atoms with Gasteiger partial charge >= 0.3 is 0 Å². The van der Waals surface area contributed by atoms with Gasteiger partial charge in [0.15, 0.2) is 5.78 Å². The van der Waals surface area contributed by atoms with Gasteiger partial charge < -0.3 is 14.4 Å². The molecule has 5 nitrogen and oxygen atoms in total. The van der Waals surface area contributed by atoms with Crippen molar-refractivity contribution in [1.82, 2.24) is 4.90 Å². The summed E-state index contributed by atoms with van der Waals surface area (Å²) < 4.78 is 11.3. The predicted octanol–water partition coefficient (Wildman–Crippen LogP) is 2.41. The lowest BCUT2D eigenvalue weighted by atomic mass is 9.89. The van der Waals surface area contributed by atoms with E-state index >= 15 is 0 Å². The normalized spacial score (nSPS) is 24.9. The van der Waals surface area contributed by atoms with E-state index in [-0.39, 0.29) is 16.5 Å². The van der Waals surface area contributed by atoms with E-state index in [9.17, 15) is 9.59 Å². The number of amides is 1. The van der Waals surface area contributed by atoms with E-state index in [0.717, 1.165) is 0 Å². The molecule has 2 atom stereocenters. The summed E-state index contributed by atoms with van der Waals surface area (Å²) in [5.74, 6) is 1.30. The summed E-state index contributed by atoms with van der Waals surface area (Å²) in [6, 6.07) is 5.26. The van der Waals surface area contributed by atoms with Gasteiger partial charge in [0.1, 0.15) is 17.1 Å². The zero-order valence-corrected chi connectivity index (χ0v) is 14.2. The van der Waals surface area contributed by atoms with Crippen molar-refractivity contribution in [2.75, 3.05) is 20.2 Å². The molecule has 1 aromatic rings. The molecule has 1 spiro atoms. The number of ether oxygens (including phenoxy) is 2. The van der Waals surface area contributed by atoms with Crippen molar-refractivity contribution in [3.63, 3.8) is 0 Å². The Bertz CT molecular complexity index is 631. The van der Waals surface area contributed by atoms with Crippen molar-refractivity contribution in [3.05, 3.63) is 23.8 Å². The summed E-state index contributed by atoms with van der Waals surface area (Å²) in [5.41, 5.74) is -0.0282. The lowest BCUT2D eigenvalue weighted by molar-refractivity contribution is -0.129. The van der Waals surface area contributed by atoms with Crippen LogP contribution in [-0.2, 0) is 4.79 Å². The molecule has 22 heavy (non-hydrogen) atoms. The summed E-state index contributed by atoms with van der Waals surface area (Å²) in [5, 5.41) is 0. The molecule has 118 valence electrons. The number of halogens is 1. The van der Waals surface area contributed by atoms with Gasteiger partial charge in [-0.2, -0.15) is 0 Å². The van der Waals surface area contributed by atoms with Crippen molar-refractivity contribution >= 4 is 27.6 Å². The minimum absolute atomic E-state index is 0.0356. The first-order chi connectivity index (χ1) is 10.4. The van der Waals surface area contributed by atoms with Crippen LogP contribution in [-0.4, -0.2) is 47.2 Å². The van der Waals surface area contributed by atoms with Gasteiger partial charge in [-0.25, -0.2) is 0 Å². The first-order valence-corrected chi connectivity index (χ1v) is 8.19. The van der Waals surface area contributed by atoms with Crippen LogP contribution in [0.5, 0.6) is 11.5 Å². The van der Waals surface area contributed by atoms with E-state index in [0.29, 0.717) is 43.0 Å². The molecule has 3 rings (SSSR count). The Balaban J connectivity index is 1.84. The number of fused-ring (bicyclic) bond motifs is 1. The summed E-state index contributed by atoms with van der Waals surface area (Å²) in [7, 11) is 1.57. The number of Topliss-reactive ketones (excluding diaryl/α,β-unsaturated/α-hetero) is 1. The maximum atomic E-state index is 12.5. The maximum Gasteiger partial charge on any atom is 0.236 e. The number of ketones is 1.